The summed E-state index contributed by atoms with van der Waals surface area (Å²) in [7, 11) is 0. The van der Waals surface area contributed by atoms with Gasteiger partial charge in [-0.3, -0.25) is 0 Å². The maximum Gasteiger partial charge on any atom is 0.416 e. The van der Waals surface area contributed by atoms with Crippen molar-refractivity contribution >= 4 is 23.2 Å². The summed E-state index contributed by atoms with van der Waals surface area (Å²) in [5, 5.41) is 19.2. The molecule has 2 heterocycles. The first-order valence-corrected chi connectivity index (χ1v) is 16.2. The van der Waals surface area contributed by atoms with E-state index in [1.54, 1.807) is 6.07 Å². The molecule has 2 aromatic carbocycles. The van der Waals surface area contributed by atoms with Crippen LogP contribution in [0.2, 0.25) is 10.6 Å². The molecule has 0 saturated heterocycles. The summed E-state index contributed by atoms with van der Waals surface area (Å²) in [4.78, 5) is 15.5. The van der Waals surface area contributed by atoms with Crippen LogP contribution in [0.15, 0.2) is 60.9 Å². The number of nitrogens with zero attached hydrogens (tertiary/aromatic N) is 6. The maximum atomic E-state index is 13.1. The highest BCUT2D eigenvalue weighted by atomic mass is 35.5. The molecule has 0 N–H and O–H groups in total. The topological polar surface area (TPSA) is 99.1 Å². The molecular weight excluding hydrogens is 701 g/mol. The van der Waals surface area contributed by atoms with E-state index in [2.05, 4.69) is 43.9 Å². The van der Waals surface area contributed by atoms with E-state index in [0.717, 1.165) is 37.1 Å². The molecule has 14 heteroatoms. The van der Waals surface area contributed by atoms with E-state index < -0.39 is 34.3 Å². The van der Waals surface area contributed by atoms with Gasteiger partial charge in [0.05, 0.1) is 34.1 Å². The molecule has 50 heavy (non-hydrogen) atoms. The van der Waals surface area contributed by atoms with Crippen molar-refractivity contribution in [1.29, 1.82) is 10.5 Å². The van der Waals surface area contributed by atoms with Gasteiger partial charge in [-0.05, 0) is 134 Å². The molecule has 0 aliphatic heterocycles. The van der Waals surface area contributed by atoms with Crippen molar-refractivity contribution < 1.29 is 26.3 Å². The molecule has 4 aromatic rings. The smallest absolute Gasteiger partial charge is 0.227 e. The second-order valence-electron chi connectivity index (χ2n) is 12.0. The van der Waals surface area contributed by atoms with Gasteiger partial charge in [-0.2, -0.15) is 36.9 Å². The Kier molecular flexibility index (Phi) is 10.7. The lowest BCUT2D eigenvalue weighted by atomic mass is 9.64. The van der Waals surface area contributed by atoms with Crippen molar-refractivity contribution in [2.45, 2.75) is 74.5 Å². The minimum Gasteiger partial charge on any atom is -0.227 e. The van der Waals surface area contributed by atoms with E-state index in [1.807, 2.05) is 0 Å². The van der Waals surface area contributed by atoms with Gasteiger partial charge in [0, 0.05) is 23.7 Å². The lowest BCUT2D eigenvalue weighted by Gasteiger charge is -2.37. The Bertz CT molecular complexity index is 2030. The van der Waals surface area contributed by atoms with Gasteiger partial charge in [0.1, 0.15) is 5.69 Å². The predicted molar refractivity (Wildman–Crippen MR) is 173 cm³/mol. The first-order valence-electron chi connectivity index (χ1n) is 15.4. The Balaban J connectivity index is 0.000000194. The Morgan fingerprint density at radius 1 is 0.660 bits per heavy atom. The molecule has 0 spiro atoms. The molecule has 2 aliphatic carbocycles. The third-order valence-corrected chi connectivity index (χ3v) is 9.30. The van der Waals surface area contributed by atoms with E-state index in [0.29, 0.717) is 66.6 Å². The monoisotopic (exact) mass is 726 g/mol. The standard InChI is InChI=1S/C18H15ClF3N3.C18H11ClF3N3/c2*19-16-24-9-6-14(25-16)4-2-12-10-13(18(20,21)22)3-5-15(12)17(11-23)7-1-8-17/h3,5-6,9-10H,1-2,4,7-8H2;3,5-6,9-10H,1,7-8H2. The minimum atomic E-state index is -4.48. The second-order valence-corrected chi connectivity index (χ2v) is 12.7. The van der Waals surface area contributed by atoms with Gasteiger partial charge in [0.25, 0.3) is 0 Å². The van der Waals surface area contributed by atoms with Crippen LogP contribution in [0.5, 0.6) is 0 Å². The molecule has 2 aliphatic rings. The predicted octanol–water partition coefficient (Wildman–Crippen LogP) is 9.37. The highest BCUT2D eigenvalue weighted by Crippen LogP contribution is 2.47. The van der Waals surface area contributed by atoms with Crippen molar-refractivity contribution in [2.75, 3.05) is 0 Å². The first kappa shape index (κ1) is 36.6. The Hall–Kier alpha value is -4.70. The number of aromatic nitrogens is 4. The minimum absolute atomic E-state index is 0.00329. The molecule has 6 rings (SSSR count). The lowest BCUT2D eigenvalue weighted by molar-refractivity contribution is -0.138. The van der Waals surface area contributed by atoms with Crippen molar-refractivity contribution in [3.8, 4) is 24.0 Å². The van der Waals surface area contributed by atoms with Crippen LogP contribution in [0.3, 0.4) is 0 Å². The van der Waals surface area contributed by atoms with Crippen molar-refractivity contribution in [3.05, 3.63) is 116 Å². The zero-order chi connectivity index (χ0) is 36.2. The average molecular weight is 728 g/mol. The molecule has 2 saturated carbocycles. The SMILES string of the molecule is N#CC1(c2ccc(C(F)(F)F)cc2C#Cc2ccnc(Cl)n2)CCC1.N#CC1(c2ccc(C(F)(F)F)cc2CCc2ccnc(Cl)n2)CCC1. The van der Waals surface area contributed by atoms with Gasteiger partial charge in [0.15, 0.2) is 0 Å². The summed E-state index contributed by atoms with van der Waals surface area (Å²) < 4.78 is 78.4. The fourth-order valence-corrected chi connectivity index (χ4v) is 6.25. The molecule has 0 unspecified atom stereocenters. The third kappa shape index (κ3) is 8.18. The number of nitriles is 2. The van der Waals surface area contributed by atoms with Gasteiger partial charge in [0.2, 0.25) is 10.6 Å². The third-order valence-electron chi connectivity index (χ3n) is 8.94. The van der Waals surface area contributed by atoms with Crippen molar-refractivity contribution in [1.82, 2.24) is 19.9 Å². The number of alkyl halides is 6. The van der Waals surface area contributed by atoms with Crippen LogP contribution in [-0.4, -0.2) is 19.9 Å². The molecule has 6 nitrogen and oxygen atoms in total. The maximum absolute atomic E-state index is 13.1. The molecule has 0 amide bonds. The van der Waals surface area contributed by atoms with Crippen LogP contribution < -0.4 is 0 Å². The second kappa shape index (κ2) is 14.6. The summed E-state index contributed by atoms with van der Waals surface area (Å²) in [6, 6.07) is 14.8. The zero-order valence-corrected chi connectivity index (χ0v) is 27.6. The quantitative estimate of drug-likeness (QED) is 0.115. The zero-order valence-electron chi connectivity index (χ0n) is 26.1. The summed E-state index contributed by atoms with van der Waals surface area (Å²) in [6.07, 6.45) is -0.812. The number of hydrogen-bond acceptors (Lipinski definition) is 6. The molecule has 0 atom stereocenters. The molecule has 0 radical (unpaired) electrons. The van der Waals surface area contributed by atoms with E-state index in [-0.39, 0.29) is 16.1 Å². The van der Waals surface area contributed by atoms with Crippen LogP contribution >= 0.6 is 23.2 Å². The summed E-state index contributed by atoms with van der Waals surface area (Å²) in [6.45, 7) is 0. The Labute approximate surface area is 294 Å². The fourth-order valence-electron chi connectivity index (χ4n) is 5.94. The van der Waals surface area contributed by atoms with Crippen LogP contribution in [0.4, 0.5) is 26.3 Å². The van der Waals surface area contributed by atoms with Crippen LogP contribution in [0, 0.1) is 34.5 Å². The number of hydrogen-bond donors (Lipinski definition) is 0. The van der Waals surface area contributed by atoms with Gasteiger partial charge in [-0.1, -0.05) is 18.1 Å². The Morgan fingerprint density at radius 3 is 1.72 bits per heavy atom. The summed E-state index contributed by atoms with van der Waals surface area (Å²) in [5.74, 6) is 5.43. The van der Waals surface area contributed by atoms with E-state index >= 15 is 0 Å². The number of rotatable bonds is 5. The highest BCUT2D eigenvalue weighted by molar-refractivity contribution is 6.28. The molecule has 256 valence electrons. The lowest BCUT2D eigenvalue weighted by Crippen LogP contribution is -2.33. The first-order chi connectivity index (χ1) is 23.7. The van der Waals surface area contributed by atoms with Crippen molar-refractivity contribution in [2.24, 2.45) is 0 Å². The van der Waals surface area contributed by atoms with Crippen LogP contribution in [-0.2, 0) is 36.0 Å². The van der Waals surface area contributed by atoms with Gasteiger partial charge < -0.3 is 0 Å². The van der Waals surface area contributed by atoms with Gasteiger partial charge >= 0.3 is 12.4 Å². The number of aryl methyl sites for hydroxylation is 2. The molecule has 0 bridgehead atoms. The fraction of sp³-hybridized carbons (Fsp3) is 0.333. The van der Waals surface area contributed by atoms with Crippen molar-refractivity contribution in [3.63, 3.8) is 0 Å². The molecule has 2 fully saturated rings. The normalized spacial score (nSPS) is 15.8. The summed E-state index contributed by atoms with van der Waals surface area (Å²) in [5.41, 5.74) is -0.00722. The van der Waals surface area contributed by atoms with E-state index in [1.165, 1.54) is 30.6 Å². The van der Waals surface area contributed by atoms with Crippen LogP contribution in [0.1, 0.15) is 83.3 Å². The number of halogens is 8. The highest BCUT2D eigenvalue weighted by Gasteiger charge is 2.42. The van der Waals surface area contributed by atoms with Gasteiger partial charge in [-0.25, -0.2) is 19.9 Å². The van der Waals surface area contributed by atoms with E-state index in [4.69, 9.17) is 23.2 Å². The molecule has 2 aromatic heterocycles. The van der Waals surface area contributed by atoms with Crippen LogP contribution in [0.25, 0.3) is 0 Å². The largest absolute Gasteiger partial charge is 0.416 e. The summed E-state index contributed by atoms with van der Waals surface area (Å²) >= 11 is 11.4. The molecular formula is C36H26Cl2F6N6. The van der Waals surface area contributed by atoms with E-state index in [9.17, 15) is 36.9 Å². The Morgan fingerprint density at radius 2 is 1.20 bits per heavy atom. The van der Waals surface area contributed by atoms with Gasteiger partial charge in [-0.15, -0.1) is 0 Å². The number of benzene rings is 2. The average Bonchev–Trinajstić information content (AvgIpc) is 3.02.